The second-order valence-electron chi connectivity index (χ2n) is 6.23. The normalized spacial score (nSPS) is 18.2. The molecule has 1 atom stereocenters. The topological polar surface area (TPSA) is 81.8 Å². The maximum absolute atomic E-state index is 13.1. The van der Waals surface area contributed by atoms with E-state index in [0.29, 0.717) is 16.8 Å². The van der Waals surface area contributed by atoms with Crippen molar-refractivity contribution in [2.45, 2.75) is 19.1 Å². The van der Waals surface area contributed by atoms with Crippen LogP contribution in [0.1, 0.15) is 29.7 Å². The van der Waals surface area contributed by atoms with Crippen LogP contribution >= 0.6 is 0 Å². The monoisotopic (exact) mass is 396 g/mol. The minimum Gasteiger partial charge on any atom is -0.352 e. The molecule has 2 aromatic carbocycles. The molecule has 1 heterocycles. The van der Waals surface area contributed by atoms with Crippen molar-refractivity contribution in [2.75, 3.05) is 4.90 Å². The van der Waals surface area contributed by atoms with Crippen molar-refractivity contribution in [1.29, 1.82) is 5.26 Å². The molecular weight excluding hydrogens is 381 g/mol. The smallest absolute Gasteiger partial charge is 0.352 e. The SMILES string of the molecule is [C-]#[N+]C1=C(C)N(c2cccc(C(F)(F)F)c2)/C(=N/N)NC1c1ccc(C#N)cc1. The molecule has 0 saturated carbocycles. The number of anilines is 1. The number of halogens is 3. The van der Waals surface area contributed by atoms with E-state index in [2.05, 4.69) is 15.3 Å². The fraction of sp³-hybridized carbons (Fsp3) is 0.150. The molecule has 3 rings (SSSR count). The predicted octanol–water partition coefficient (Wildman–Crippen LogP) is 4.11. The van der Waals surface area contributed by atoms with Gasteiger partial charge in [0.15, 0.2) is 0 Å². The Bertz CT molecular complexity index is 1070. The molecule has 1 aliphatic rings. The highest BCUT2D eigenvalue weighted by Gasteiger charge is 2.35. The van der Waals surface area contributed by atoms with E-state index in [0.717, 1.165) is 12.1 Å². The van der Waals surface area contributed by atoms with E-state index in [1.807, 2.05) is 6.07 Å². The number of nitrogens with one attached hydrogen (secondary N) is 1. The summed E-state index contributed by atoms with van der Waals surface area (Å²) in [5.41, 5.74) is 1.19. The summed E-state index contributed by atoms with van der Waals surface area (Å²) in [7, 11) is 0. The zero-order valence-electron chi connectivity index (χ0n) is 15.2. The summed E-state index contributed by atoms with van der Waals surface area (Å²) in [6, 6.07) is 12.7. The lowest BCUT2D eigenvalue weighted by molar-refractivity contribution is -0.137. The number of nitriles is 1. The summed E-state index contributed by atoms with van der Waals surface area (Å²) >= 11 is 0. The van der Waals surface area contributed by atoms with E-state index in [1.54, 1.807) is 31.2 Å². The number of allylic oxidation sites excluding steroid dienone is 1. The number of nitrogens with zero attached hydrogens (tertiary/aromatic N) is 4. The lowest BCUT2D eigenvalue weighted by Gasteiger charge is -2.36. The highest BCUT2D eigenvalue weighted by atomic mass is 19.4. The number of hydrazone groups is 1. The van der Waals surface area contributed by atoms with Crippen molar-refractivity contribution in [2.24, 2.45) is 10.9 Å². The van der Waals surface area contributed by atoms with E-state index >= 15 is 0 Å². The summed E-state index contributed by atoms with van der Waals surface area (Å²) in [4.78, 5) is 4.96. The molecule has 2 aromatic rings. The lowest BCUT2D eigenvalue weighted by atomic mass is 9.99. The fourth-order valence-electron chi connectivity index (χ4n) is 3.11. The van der Waals surface area contributed by atoms with Crippen LogP contribution in [0.2, 0.25) is 0 Å². The van der Waals surface area contributed by atoms with Gasteiger partial charge in [-0.3, -0.25) is 4.90 Å². The zero-order chi connectivity index (χ0) is 21.2. The Balaban J connectivity index is 2.11. The highest BCUT2D eigenvalue weighted by molar-refractivity contribution is 6.00. The number of alkyl halides is 3. The third-order valence-corrected chi connectivity index (χ3v) is 4.51. The first kappa shape index (κ1) is 19.8. The number of benzene rings is 2. The molecule has 0 aromatic heterocycles. The Morgan fingerprint density at radius 3 is 2.48 bits per heavy atom. The Morgan fingerprint density at radius 1 is 1.24 bits per heavy atom. The van der Waals surface area contributed by atoms with Crippen LogP contribution in [-0.4, -0.2) is 5.96 Å². The second kappa shape index (κ2) is 7.56. The molecule has 0 saturated heterocycles. The average molecular weight is 396 g/mol. The van der Waals surface area contributed by atoms with Gasteiger partial charge in [-0.25, -0.2) is 4.85 Å². The minimum absolute atomic E-state index is 0.101. The van der Waals surface area contributed by atoms with Gasteiger partial charge in [-0.2, -0.15) is 18.4 Å². The number of hydrogen-bond acceptors (Lipinski definition) is 3. The zero-order valence-corrected chi connectivity index (χ0v) is 15.2. The van der Waals surface area contributed by atoms with E-state index in [1.165, 1.54) is 17.0 Å². The molecule has 3 N–H and O–H groups in total. The molecule has 0 spiro atoms. The van der Waals surface area contributed by atoms with Crippen molar-refractivity contribution in [3.8, 4) is 6.07 Å². The van der Waals surface area contributed by atoms with Gasteiger partial charge in [0, 0.05) is 11.4 Å². The molecule has 146 valence electrons. The van der Waals surface area contributed by atoms with Crippen LogP contribution in [-0.2, 0) is 6.18 Å². The summed E-state index contributed by atoms with van der Waals surface area (Å²) in [6.45, 7) is 9.22. The van der Waals surface area contributed by atoms with Crippen molar-refractivity contribution >= 4 is 11.6 Å². The third-order valence-electron chi connectivity index (χ3n) is 4.51. The van der Waals surface area contributed by atoms with Gasteiger partial charge in [0.2, 0.25) is 11.7 Å². The first-order valence-corrected chi connectivity index (χ1v) is 8.40. The number of hydrogen-bond donors (Lipinski definition) is 2. The fourth-order valence-corrected chi connectivity index (χ4v) is 3.11. The Hall–Kier alpha value is -3.98. The summed E-state index contributed by atoms with van der Waals surface area (Å²) in [5.74, 6) is 5.61. The van der Waals surface area contributed by atoms with Gasteiger partial charge in [0.25, 0.3) is 0 Å². The van der Waals surface area contributed by atoms with E-state index in [4.69, 9.17) is 17.7 Å². The van der Waals surface area contributed by atoms with Crippen molar-refractivity contribution < 1.29 is 13.2 Å². The number of rotatable bonds is 2. The maximum Gasteiger partial charge on any atom is 0.416 e. The van der Waals surface area contributed by atoms with E-state index < -0.39 is 17.8 Å². The van der Waals surface area contributed by atoms with Crippen LogP contribution < -0.4 is 16.1 Å². The van der Waals surface area contributed by atoms with Crippen molar-refractivity contribution in [3.63, 3.8) is 0 Å². The molecule has 6 nitrogen and oxygen atoms in total. The van der Waals surface area contributed by atoms with Gasteiger partial charge >= 0.3 is 6.18 Å². The molecule has 29 heavy (non-hydrogen) atoms. The molecule has 9 heteroatoms. The number of nitrogens with two attached hydrogens (primary N) is 1. The van der Waals surface area contributed by atoms with Gasteiger partial charge in [-0.05, 0) is 42.8 Å². The Labute approximate surface area is 165 Å². The van der Waals surface area contributed by atoms with E-state index in [-0.39, 0.29) is 17.3 Å². The molecule has 1 aliphatic heterocycles. The molecular formula is C20H15F3N6. The van der Waals surface area contributed by atoms with Crippen molar-refractivity contribution in [1.82, 2.24) is 5.32 Å². The van der Waals surface area contributed by atoms with Crippen LogP contribution in [0.15, 0.2) is 65.0 Å². The highest BCUT2D eigenvalue weighted by Crippen LogP contribution is 2.36. The predicted molar refractivity (Wildman–Crippen MR) is 102 cm³/mol. The van der Waals surface area contributed by atoms with Crippen LogP contribution in [0, 0.1) is 17.9 Å². The molecule has 0 bridgehead atoms. The average Bonchev–Trinajstić information content (AvgIpc) is 2.72. The third kappa shape index (κ3) is 3.71. The van der Waals surface area contributed by atoms with Crippen LogP contribution in [0.25, 0.3) is 4.85 Å². The van der Waals surface area contributed by atoms with Crippen LogP contribution in [0.4, 0.5) is 18.9 Å². The van der Waals surface area contributed by atoms with E-state index in [9.17, 15) is 13.2 Å². The molecule has 0 aliphatic carbocycles. The van der Waals surface area contributed by atoms with Gasteiger partial charge in [-0.15, -0.1) is 5.10 Å². The molecule has 0 radical (unpaired) electrons. The van der Waals surface area contributed by atoms with Gasteiger partial charge in [0.1, 0.15) is 0 Å². The summed E-state index contributed by atoms with van der Waals surface area (Å²) in [5, 5.41) is 15.7. The molecule has 0 amide bonds. The first-order valence-electron chi connectivity index (χ1n) is 8.40. The lowest BCUT2D eigenvalue weighted by Crippen LogP contribution is -2.48. The maximum atomic E-state index is 13.1. The summed E-state index contributed by atoms with van der Waals surface area (Å²) < 4.78 is 39.4. The summed E-state index contributed by atoms with van der Waals surface area (Å²) in [6.07, 6.45) is -4.51. The molecule has 0 fully saturated rings. The Kier molecular flexibility index (Phi) is 5.16. The first-order chi connectivity index (χ1) is 13.8. The number of guanidine groups is 1. The minimum atomic E-state index is -4.51. The molecule has 1 unspecified atom stereocenters. The Morgan fingerprint density at radius 2 is 1.93 bits per heavy atom. The van der Waals surface area contributed by atoms with Gasteiger partial charge < -0.3 is 11.2 Å². The second-order valence-corrected chi connectivity index (χ2v) is 6.23. The van der Waals surface area contributed by atoms with Gasteiger partial charge in [-0.1, -0.05) is 18.2 Å². The largest absolute Gasteiger partial charge is 0.416 e. The van der Waals surface area contributed by atoms with Crippen LogP contribution in [0.5, 0.6) is 0 Å². The quantitative estimate of drug-likeness (QED) is 0.455. The van der Waals surface area contributed by atoms with Crippen LogP contribution in [0.3, 0.4) is 0 Å². The van der Waals surface area contributed by atoms with Gasteiger partial charge in [0.05, 0.1) is 29.8 Å². The standard InChI is InChI=1S/C20H15F3N6/c1-12-17(26-2)18(14-8-6-13(11-24)7-9-14)27-19(28-25)29(12)16-5-3-4-15(10-16)20(21,22)23/h3-10,18H,25H2,1H3,(H,27,28). The van der Waals surface area contributed by atoms with Crippen molar-refractivity contribution in [3.05, 3.63) is 88.0 Å².